The van der Waals surface area contributed by atoms with E-state index in [1.807, 2.05) is 0 Å². The predicted molar refractivity (Wildman–Crippen MR) is 49.2 cm³/mol. The molecule has 1 aliphatic carbocycles. The molecule has 3 N–H and O–H groups in total. The molecule has 0 aromatic heterocycles. The monoisotopic (exact) mass is 190 g/mol. The lowest BCUT2D eigenvalue weighted by atomic mass is 10.0. The fourth-order valence-corrected chi connectivity index (χ4v) is 2.34. The highest BCUT2D eigenvalue weighted by Crippen LogP contribution is 2.29. The molecule has 0 bridgehead atoms. The molecule has 0 spiro atoms. The van der Waals surface area contributed by atoms with Crippen LogP contribution < -0.4 is 5.73 Å². The molecule has 1 fully saturated rings. The first-order valence-electron chi connectivity index (χ1n) is 4.57. The van der Waals surface area contributed by atoms with Gasteiger partial charge >= 0.3 is 8.03 Å². The number of hydrogen-bond acceptors (Lipinski definition) is 2. The van der Waals surface area contributed by atoms with E-state index in [1.54, 1.807) is 0 Å². The largest absolute Gasteiger partial charge is 0.505 e. The molecule has 0 radical (unpaired) electrons. The topological polar surface area (TPSA) is 63.3 Å². The van der Waals surface area contributed by atoms with Crippen molar-refractivity contribution in [2.24, 2.45) is 11.7 Å². The van der Waals surface area contributed by atoms with Crippen LogP contribution in [0.15, 0.2) is 0 Å². The van der Waals surface area contributed by atoms with Gasteiger partial charge in [0.1, 0.15) is 0 Å². The maximum Gasteiger partial charge on any atom is 0.505 e. The Hall–Kier alpha value is 0.0200. The third kappa shape index (κ3) is 3.61. The van der Waals surface area contributed by atoms with Gasteiger partial charge < -0.3 is 5.73 Å². The Morgan fingerprint density at radius 2 is 2.25 bits per heavy atom. The zero-order valence-corrected chi connectivity index (χ0v) is 8.17. The standard InChI is InChI=1S/C8H16NO2P/c9-8-4-3-7(6-8)2-1-5-12(10)11/h7-8H,1-6,9H2/p+1/t7-,8-/m0/s1. The Bertz CT molecular complexity index is 163. The number of nitrogens with two attached hydrogens (primary N) is 1. The van der Waals surface area contributed by atoms with Gasteiger partial charge in [-0.05, 0) is 42.6 Å². The van der Waals surface area contributed by atoms with Crippen LogP contribution in [0.25, 0.3) is 0 Å². The highest BCUT2D eigenvalue weighted by molar-refractivity contribution is 7.37. The first kappa shape index (κ1) is 10.1. The third-order valence-electron chi connectivity index (χ3n) is 2.54. The first-order valence-corrected chi connectivity index (χ1v) is 5.97. The molecule has 0 saturated heterocycles. The average molecular weight is 190 g/mol. The van der Waals surface area contributed by atoms with Gasteiger partial charge in [-0.3, -0.25) is 0 Å². The zero-order chi connectivity index (χ0) is 8.97. The fourth-order valence-electron chi connectivity index (χ4n) is 1.89. The molecule has 1 aliphatic rings. The van der Waals surface area contributed by atoms with Crippen LogP contribution in [-0.4, -0.2) is 17.1 Å². The Morgan fingerprint density at radius 1 is 1.50 bits per heavy atom. The zero-order valence-electron chi connectivity index (χ0n) is 7.28. The molecule has 3 nitrogen and oxygen atoms in total. The summed E-state index contributed by atoms with van der Waals surface area (Å²) in [4.78, 5) is 8.56. The number of hydrogen-bond donors (Lipinski definition) is 2. The van der Waals surface area contributed by atoms with Crippen molar-refractivity contribution in [3.05, 3.63) is 0 Å². The molecular formula is C8H17NO2P+. The second-order valence-corrected chi connectivity index (χ2v) is 4.81. The van der Waals surface area contributed by atoms with Crippen LogP contribution in [-0.2, 0) is 4.57 Å². The Balaban J connectivity index is 2.04. The van der Waals surface area contributed by atoms with Crippen LogP contribution in [0.3, 0.4) is 0 Å². The maximum atomic E-state index is 10.4. The molecule has 0 heterocycles. The van der Waals surface area contributed by atoms with Gasteiger partial charge in [0.15, 0.2) is 6.16 Å². The van der Waals surface area contributed by atoms with Crippen molar-refractivity contribution < 1.29 is 9.46 Å². The summed E-state index contributed by atoms with van der Waals surface area (Å²) in [5.41, 5.74) is 5.75. The van der Waals surface area contributed by atoms with Crippen molar-refractivity contribution in [3.63, 3.8) is 0 Å². The molecule has 0 aromatic carbocycles. The second-order valence-electron chi connectivity index (χ2n) is 3.66. The predicted octanol–water partition coefficient (Wildman–Crippen LogP) is 1.63. The van der Waals surface area contributed by atoms with Crippen molar-refractivity contribution in [1.82, 2.24) is 0 Å². The second kappa shape index (κ2) is 4.90. The lowest BCUT2D eigenvalue weighted by Gasteiger charge is -2.05. The Morgan fingerprint density at radius 3 is 2.75 bits per heavy atom. The van der Waals surface area contributed by atoms with Gasteiger partial charge in [0, 0.05) is 6.04 Å². The smallest absolute Gasteiger partial charge is 0.328 e. The number of rotatable bonds is 4. The Labute approximate surface area is 74.2 Å². The maximum absolute atomic E-state index is 10.4. The average Bonchev–Trinajstić information content (AvgIpc) is 2.35. The van der Waals surface area contributed by atoms with E-state index in [9.17, 15) is 4.57 Å². The van der Waals surface area contributed by atoms with Gasteiger partial charge in [0.05, 0.1) is 0 Å². The summed E-state index contributed by atoms with van der Waals surface area (Å²) in [5, 5.41) is 0. The lowest BCUT2D eigenvalue weighted by molar-refractivity contribution is 0.472. The molecule has 4 heteroatoms. The van der Waals surface area contributed by atoms with Gasteiger partial charge in [-0.1, -0.05) is 0 Å². The van der Waals surface area contributed by atoms with Crippen molar-refractivity contribution in [1.29, 1.82) is 0 Å². The minimum Gasteiger partial charge on any atom is -0.328 e. The van der Waals surface area contributed by atoms with Gasteiger partial charge in [-0.15, -0.1) is 0 Å². The van der Waals surface area contributed by atoms with E-state index in [2.05, 4.69) is 0 Å². The van der Waals surface area contributed by atoms with Crippen molar-refractivity contribution in [2.75, 3.05) is 6.16 Å². The van der Waals surface area contributed by atoms with Gasteiger partial charge in [0.2, 0.25) is 0 Å². The van der Waals surface area contributed by atoms with Gasteiger partial charge in [0.25, 0.3) is 0 Å². The summed E-state index contributed by atoms with van der Waals surface area (Å²) in [6, 6.07) is 0.387. The van der Waals surface area contributed by atoms with Crippen molar-refractivity contribution in [2.45, 2.75) is 38.1 Å². The van der Waals surface area contributed by atoms with Crippen LogP contribution in [0.2, 0.25) is 0 Å². The molecule has 0 amide bonds. The summed E-state index contributed by atoms with van der Waals surface area (Å²) in [6.07, 6.45) is 5.88. The molecule has 70 valence electrons. The van der Waals surface area contributed by atoms with Crippen molar-refractivity contribution in [3.8, 4) is 0 Å². The lowest BCUT2D eigenvalue weighted by Crippen LogP contribution is -2.14. The van der Waals surface area contributed by atoms with E-state index in [1.165, 1.54) is 6.42 Å². The van der Waals surface area contributed by atoms with Crippen LogP contribution in [0.5, 0.6) is 0 Å². The van der Waals surface area contributed by atoms with Crippen LogP contribution in [0, 0.1) is 5.92 Å². The first-order chi connectivity index (χ1) is 5.68. The molecule has 1 rings (SSSR count). The van der Waals surface area contributed by atoms with E-state index < -0.39 is 8.03 Å². The molecule has 0 aromatic rings. The summed E-state index contributed by atoms with van der Waals surface area (Å²) < 4.78 is 10.4. The molecule has 1 unspecified atom stereocenters. The van der Waals surface area contributed by atoms with E-state index in [-0.39, 0.29) is 0 Å². The quantitative estimate of drug-likeness (QED) is 0.662. The summed E-state index contributed by atoms with van der Waals surface area (Å²) >= 11 is 0. The molecule has 12 heavy (non-hydrogen) atoms. The van der Waals surface area contributed by atoms with E-state index in [0.29, 0.717) is 12.2 Å². The Kier molecular flexibility index (Phi) is 4.13. The summed E-state index contributed by atoms with van der Waals surface area (Å²) in [6.45, 7) is 0. The van der Waals surface area contributed by atoms with Gasteiger partial charge in [-0.25, -0.2) is 0 Å². The van der Waals surface area contributed by atoms with E-state index >= 15 is 0 Å². The third-order valence-corrected chi connectivity index (χ3v) is 3.24. The minimum atomic E-state index is -1.91. The molecular weight excluding hydrogens is 173 g/mol. The molecule has 1 saturated carbocycles. The summed E-state index contributed by atoms with van der Waals surface area (Å²) in [5.74, 6) is 0.718. The summed E-state index contributed by atoms with van der Waals surface area (Å²) in [7, 11) is -1.91. The SMILES string of the molecule is N[C@H]1CC[C@H](CCC[P+](=O)O)C1. The van der Waals surface area contributed by atoms with E-state index in [4.69, 9.17) is 10.6 Å². The van der Waals surface area contributed by atoms with Gasteiger partial charge in [-0.2, -0.15) is 4.89 Å². The molecule has 3 atom stereocenters. The van der Waals surface area contributed by atoms with E-state index in [0.717, 1.165) is 31.6 Å². The van der Waals surface area contributed by atoms with Crippen molar-refractivity contribution >= 4 is 8.03 Å². The molecule has 0 aliphatic heterocycles. The minimum absolute atomic E-state index is 0.387. The highest BCUT2D eigenvalue weighted by atomic mass is 31.1. The normalized spacial score (nSPS) is 30.7. The van der Waals surface area contributed by atoms with Crippen LogP contribution in [0.1, 0.15) is 32.1 Å². The fraction of sp³-hybridized carbons (Fsp3) is 1.00. The van der Waals surface area contributed by atoms with Crippen LogP contribution >= 0.6 is 8.03 Å². The highest BCUT2D eigenvalue weighted by Gasteiger charge is 2.22. The van der Waals surface area contributed by atoms with Crippen LogP contribution in [0.4, 0.5) is 0 Å².